The van der Waals surface area contributed by atoms with Gasteiger partial charge in [0.1, 0.15) is 0 Å². The molecule has 0 saturated carbocycles. The normalized spacial score (nSPS) is 10.2. The lowest BCUT2D eigenvalue weighted by Gasteiger charge is -2.05. The first-order valence-electron chi connectivity index (χ1n) is 7.63. The van der Waals surface area contributed by atoms with Gasteiger partial charge in [0.25, 0.3) is 5.91 Å². The molecule has 0 aliphatic carbocycles. The van der Waals surface area contributed by atoms with Crippen molar-refractivity contribution in [2.24, 2.45) is 0 Å². The van der Waals surface area contributed by atoms with Crippen LogP contribution in [0.2, 0.25) is 0 Å². The maximum atomic E-state index is 12.3. The maximum Gasteiger partial charge on any atom is 0.253 e. The fraction of sp³-hybridized carbons (Fsp3) is 0.235. The van der Waals surface area contributed by atoms with Crippen molar-refractivity contribution >= 4 is 47.3 Å². The lowest BCUT2D eigenvalue weighted by Crippen LogP contribution is -2.23. The highest BCUT2D eigenvalue weighted by Crippen LogP contribution is 2.27. The molecule has 1 N–H and O–H groups in total. The van der Waals surface area contributed by atoms with Gasteiger partial charge in [-0.1, -0.05) is 19.9 Å². The number of halogens is 1. The zero-order chi connectivity index (χ0) is 17.5. The van der Waals surface area contributed by atoms with E-state index in [9.17, 15) is 4.79 Å². The second kappa shape index (κ2) is 9.03. The van der Waals surface area contributed by atoms with Crippen LogP contribution in [0.3, 0.4) is 0 Å². The van der Waals surface area contributed by atoms with Crippen molar-refractivity contribution in [2.45, 2.75) is 27.3 Å². The van der Waals surface area contributed by atoms with E-state index in [0.29, 0.717) is 12.1 Å². The van der Waals surface area contributed by atoms with Crippen LogP contribution in [0.15, 0.2) is 43.0 Å². The van der Waals surface area contributed by atoms with Crippen LogP contribution in [-0.4, -0.2) is 19.8 Å². The number of nitrogens with zero attached hydrogens (tertiary/aromatic N) is 3. The summed E-state index contributed by atoms with van der Waals surface area (Å²) in [5.74, 6) is -0.132. The van der Waals surface area contributed by atoms with Gasteiger partial charge in [-0.05, 0) is 30.2 Å². The van der Waals surface area contributed by atoms with Gasteiger partial charge < -0.3 is 5.32 Å². The van der Waals surface area contributed by atoms with E-state index in [4.69, 9.17) is 0 Å². The summed E-state index contributed by atoms with van der Waals surface area (Å²) in [6.07, 6.45) is 7.08. The Morgan fingerprint density at radius 3 is 2.83 bits per heavy atom. The van der Waals surface area contributed by atoms with Crippen molar-refractivity contribution in [3.8, 4) is 0 Å². The van der Waals surface area contributed by atoms with Gasteiger partial charge in [0.15, 0.2) is 5.65 Å². The third-order valence-electron chi connectivity index (χ3n) is 3.32. The van der Waals surface area contributed by atoms with Crippen molar-refractivity contribution in [2.75, 3.05) is 0 Å². The van der Waals surface area contributed by atoms with E-state index in [2.05, 4.69) is 36.5 Å². The Hall–Kier alpha value is -1.61. The fourth-order valence-electron chi connectivity index (χ4n) is 2.19. The molecule has 0 aromatic carbocycles. The average molecular weight is 454 g/mol. The highest BCUT2D eigenvalue weighted by Gasteiger charge is 2.12. The molecule has 0 saturated heterocycles. The van der Waals surface area contributed by atoms with Gasteiger partial charge in [0, 0.05) is 67.0 Å². The molecule has 0 aliphatic heterocycles. The number of hydrogen-bond donors (Lipinski definition) is 1. The topological polar surface area (TPSA) is 59.8 Å². The number of hydrogen-bond acceptors (Lipinski definition) is 4. The van der Waals surface area contributed by atoms with Crippen LogP contribution in [0.5, 0.6) is 0 Å². The molecule has 0 atom stereocenters. The van der Waals surface area contributed by atoms with Gasteiger partial charge in [0.2, 0.25) is 0 Å². The van der Waals surface area contributed by atoms with Crippen LogP contribution in [-0.2, 0) is 6.54 Å². The number of fused-ring (bicyclic) bond motifs is 1. The van der Waals surface area contributed by atoms with Crippen molar-refractivity contribution < 1.29 is 4.79 Å². The summed E-state index contributed by atoms with van der Waals surface area (Å²) >= 11 is 2.21. The lowest BCUT2D eigenvalue weighted by molar-refractivity contribution is 0.0950. The minimum Gasteiger partial charge on any atom is -0.348 e. The molecule has 3 aromatic rings. The number of carbonyl (C=O) groups excluding carboxylic acids is 1. The van der Waals surface area contributed by atoms with Crippen LogP contribution >= 0.6 is 30.3 Å². The lowest BCUT2D eigenvalue weighted by atomic mass is 10.2. The molecular weight excluding hydrogens is 435 g/mol. The van der Waals surface area contributed by atoms with E-state index >= 15 is 0 Å². The largest absolute Gasteiger partial charge is 0.348 e. The molecule has 7 heteroatoms. The molecule has 1 amide bonds. The number of carbonyl (C=O) groups is 1. The van der Waals surface area contributed by atoms with Crippen molar-refractivity contribution in [1.82, 2.24) is 19.3 Å². The summed E-state index contributed by atoms with van der Waals surface area (Å²) in [7, 11) is 1.56. The van der Waals surface area contributed by atoms with E-state index in [1.54, 1.807) is 27.7 Å². The third-order valence-corrected chi connectivity index (χ3v) is 5.02. The summed E-state index contributed by atoms with van der Waals surface area (Å²) in [6.45, 7) is 6.47. The Kier molecular flexibility index (Phi) is 7.04. The summed E-state index contributed by atoms with van der Waals surface area (Å²) < 4.78 is 1.99. The molecule has 126 valence electrons. The second-order valence-corrected chi connectivity index (χ2v) is 6.56. The van der Waals surface area contributed by atoms with Gasteiger partial charge in [-0.25, -0.2) is 4.98 Å². The molecule has 24 heavy (non-hydrogen) atoms. The molecule has 0 aliphatic rings. The van der Waals surface area contributed by atoms with Crippen molar-refractivity contribution in [1.29, 1.82) is 0 Å². The molecular formula is C17H19IN4OS. The van der Waals surface area contributed by atoms with Gasteiger partial charge >= 0.3 is 0 Å². The summed E-state index contributed by atoms with van der Waals surface area (Å²) in [5, 5.41) is 3.89. The number of aryl methyl sites for hydroxylation is 1. The SMILES string of the molecule is CC.Cc1cn(SI)c2ncc(C(=O)NCc3cccnc3)cc12. The van der Waals surface area contributed by atoms with Gasteiger partial charge in [-0.2, -0.15) is 0 Å². The Balaban J connectivity index is 0.00000100. The average Bonchev–Trinajstić information content (AvgIpc) is 2.97. The molecule has 5 nitrogen and oxygen atoms in total. The third kappa shape index (κ3) is 4.27. The Bertz CT molecular complexity index is 820. The number of aromatic nitrogens is 3. The Morgan fingerprint density at radius 2 is 2.17 bits per heavy atom. The maximum absolute atomic E-state index is 12.3. The van der Waals surface area contributed by atoms with E-state index in [1.165, 1.54) is 0 Å². The first kappa shape index (κ1) is 18.7. The summed E-state index contributed by atoms with van der Waals surface area (Å²) in [6, 6.07) is 5.67. The van der Waals surface area contributed by atoms with Crippen LogP contribution < -0.4 is 5.32 Å². The Morgan fingerprint density at radius 1 is 1.38 bits per heavy atom. The molecule has 0 bridgehead atoms. The van der Waals surface area contributed by atoms with Gasteiger partial charge in [-0.3, -0.25) is 13.8 Å². The van der Waals surface area contributed by atoms with Crippen LogP contribution in [0.1, 0.15) is 35.3 Å². The molecule has 0 unspecified atom stereocenters. The van der Waals surface area contributed by atoms with Gasteiger partial charge in [0.05, 0.1) is 5.56 Å². The predicted molar refractivity (Wildman–Crippen MR) is 108 cm³/mol. The fourth-order valence-corrected chi connectivity index (χ4v) is 3.50. The molecule has 0 spiro atoms. The van der Waals surface area contributed by atoms with Gasteiger partial charge in [-0.15, -0.1) is 0 Å². The van der Waals surface area contributed by atoms with Crippen LogP contribution in [0.4, 0.5) is 0 Å². The monoisotopic (exact) mass is 454 g/mol. The summed E-state index contributed by atoms with van der Waals surface area (Å²) in [4.78, 5) is 20.7. The molecule has 3 aromatic heterocycles. The van der Waals surface area contributed by atoms with Crippen molar-refractivity contribution in [3.05, 3.63) is 59.7 Å². The zero-order valence-corrected chi connectivity index (χ0v) is 16.8. The van der Waals surface area contributed by atoms with Crippen LogP contribution in [0.25, 0.3) is 11.0 Å². The van der Waals surface area contributed by atoms with E-state index in [1.807, 2.05) is 49.1 Å². The summed E-state index contributed by atoms with van der Waals surface area (Å²) in [5.41, 5.74) is 3.51. The second-order valence-electron chi connectivity index (χ2n) is 4.85. The molecule has 3 rings (SSSR count). The number of nitrogens with one attached hydrogen (secondary N) is 1. The highest BCUT2D eigenvalue weighted by atomic mass is 127. The number of pyridine rings is 2. The van der Waals surface area contributed by atoms with E-state index in [-0.39, 0.29) is 5.91 Å². The first-order chi connectivity index (χ1) is 11.7. The minimum atomic E-state index is -0.132. The molecule has 0 fully saturated rings. The predicted octanol–water partition coefficient (Wildman–Crippen LogP) is 4.54. The zero-order valence-electron chi connectivity index (χ0n) is 13.8. The smallest absolute Gasteiger partial charge is 0.253 e. The minimum absolute atomic E-state index is 0.132. The quantitative estimate of drug-likeness (QED) is 0.588. The van der Waals surface area contributed by atoms with E-state index < -0.39 is 0 Å². The first-order valence-corrected chi connectivity index (χ1v) is 10.9. The number of rotatable bonds is 4. The van der Waals surface area contributed by atoms with Crippen LogP contribution in [0, 0.1) is 6.92 Å². The number of amides is 1. The highest BCUT2D eigenvalue weighted by molar-refractivity contribution is 14.2. The standard InChI is InChI=1S/C15H13IN4OS.C2H6/c1-10-9-20(22-16)14-13(10)5-12(8-18-14)15(21)19-7-11-3-2-4-17-6-11;1-2/h2-6,8-9H,7H2,1H3,(H,19,21);1-2H3. The molecule has 0 radical (unpaired) electrons. The van der Waals surface area contributed by atoms with Crippen molar-refractivity contribution in [3.63, 3.8) is 0 Å². The van der Waals surface area contributed by atoms with E-state index in [0.717, 1.165) is 22.2 Å². The Labute approximate surface area is 158 Å². The molecule has 3 heterocycles.